The molecule has 106 valence electrons. The van der Waals surface area contributed by atoms with Crippen LogP contribution in [0.3, 0.4) is 0 Å². The Morgan fingerprint density at radius 3 is 2.95 bits per heavy atom. The van der Waals surface area contributed by atoms with Gasteiger partial charge in [-0.1, -0.05) is 12.1 Å². The third-order valence-electron chi connectivity index (χ3n) is 2.40. The number of aromatic nitrogens is 2. The first kappa shape index (κ1) is 14.0. The molecule has 0 spiro atoms. The molecule has 7 heteroatoms. The van der Waals surface area contributed by atoms with Crippen molar-refractivity contribution in [3.8, 4) is 5.75 Å². The summed E-state index contributed by atoms with van der Waals surface area (Å²) in [5.41, 5.74) is 7.12. The SMILES string of the molecule is Cc1cn(N=Cc2cccc(OCC(F)F)c2)c(N)n1. The Morgan fingerprint density at radius 1 is 1.50 bits per heavy atom. The number of benzene rings is 1. The molecule has 2 rings (SSSR count). The predicted octanol–water partition coefficient (Wildman–Crippen LogP) is 2.30. The molecule has 0 aliphatic rings. The lowest BCUT2D eigenvalue weighted by Crippen LogP contribution is -2.07. The number of nitrogen functional groups attached to an aromatic ring is 1. The maximum absolute atomic E-state index is 12.1. The van der Waals surface area contributed by atoms with Crippen molar-refractivity contribution in [1.82, 2.24) is 9.66 Å². The van der Waals surface area contributed by atoms with Gasteiger partial charge in [-0.3, -0.25) is 0 Å². The number of nitrogens with two attached hydrogens (primary N) is 1. The molecule has 1 aromatic carbocycles. The Kier molecular flexibility index (Phi) is 4.29. The molecule has 1 heterocycles. The first-order valence-electron chi connectivity index (χ1n) is 5.91. The van der Waals surface area contributed by atoms with Crippen molar-refractivity contribution >= 4 is 12.2 Å². The molecule has 5 nitrogen and oxygen atoms in total. The molecule has 0 fully saturated rings. The maximum atomic E-state index is 12.1. The summed E-state index contributed by atoms with van der Waals surface area (Å²) in [4.78, 5) is 4.01. The van der Waals surface area contributed by atoms with E-state index in [4.69, 9.17) is 10.5 Å². The van der Waals surface area contributed by atoms with E-state index in [0.717, 1.165) is 5.69 Å². The van der Waals surface area contributed by atoms with E-state index >= 15 is 0 Å². The molecule has 2 aromatic rings. The third-order valence-corrected chi connectivity index (χ3v) is 2.40. The standard InChI is InChI=1S/C13H14F2N4O/c1-9-7-19(13(16)18-9)17-6-10-3-2-4-11(5-10)20-8-12(14)15/h2-7,12H,8H2,1H3,(H2,16,18). The summed E-state index contributed by atoms with van der Waals surface area (Å²) in [6.07, 6.45) is 0.733. The van der Waals surface area contributed by atoms with Gasteiger partial charge in [0.2, 0.25) is 5.95 Å². The van der Waals surface area contributed by atoms with Crippen molar-refractivity contribution in [1.29, 1.82) is 0 Å². The molecular weight excluding hydrogens is 266 g/mol. The number of hydrogen-bond acceptors (Lipinski definition) is 4. The molecule has 0 unspecified atom stereocenters. The molecule has 0 amide bonds. The molecule has 0 bridgehead atoms. The summed E-state index contributed by atoms with van der Waals surface area (Å²) in [6, 6.07) is 6.70. The topological polar surface area (TPSA) is 65.4 Å². The molecule has 0 atom stereocenters. The zero-order chi connectivity index (χ0) is 14.5. The second kappa shape index (κ2) is 6.14. The zero-order valence-electron chi connectivity index (χ0n) is 10.8. The number of alkyl halides is 2. The summed E-state index contributed by atoms with van der Waals surface area (Å²) in [7, 11) is 0. The van der Waals surface area contributed by atoms with E-state index in [1.807, 2.05) is 0 Å². The van der Waals surface area contributed by atoms with Crippen molar-refractivity contribution in [2.24, 2.45) is 5.10 Å². The van der Waals surface area contributed by atoms with E-state index in [2.05, 4.69) is 10.1 Å². The van der Waals surface area contributed by atoms with Crippen LogP contribution in [0.15, 0.2) is 35.6 Å². The molecule has 0 radical (unpaired) electrons. The lowest BCUT2D eigenvalue weighted by Gasteiger charge is -2.05. The average Bonchev–Trinajstić information content (AvgIpc) is 2.73. The molecule has 1 aromatic heterocycles. The van der Waals surface area contributed by atoms with Gasteiger partial charge in [0.1, 0.15) is 12.4 Å². The highest BCUT2D eigenvalue weighted by molar-refractivity contribution is 5.80. The number of halogens is 2. The smallest absolute Gasteiger partial charge is 0.272 e. The Balaban J connectivity index is 2.09. The second-order valence-corrected chi connectivity index (χ2v) is 4.10. The van der Waals surface area contributed by atoms with Crippen LogP contribution in [0, 0.1) is 6.92 Å². The van der Waals surface area contributed by atoms with Gasteiger partial charge in [0, 0.05) is 0 Å². The minimum absolute atomic E-state index is 0.281. The fourth-order valence-electron chi connectivity index (χ4n) is 1.57. The number of nitrogens with zero attached hydrogens (tertiary/aromatic N) is 3. The van der Waals surface area contributed by atoms with E-state index in [0.29, 0.717) is 11.3 Å². The van der Waals surface area contributed by atoms with E-state index < -0.39 is 13.0 Å². The minimum Gasteiger partial charge on any atom is -0.488 e. The van der Waals surface area contributed by atoms with E-state index in [-0.39, 0.29) is 5.95 Å². The van der Waals surface area contributed by atoms with Crippen molar-refractivity contribution in [3.63, 3.8) is 0 Å². The van der Waals surface area contributed by atoms with Crippen LogP contribution in [-0.4, -0.2) is 28.9 Å². The predicted molar refractivity (Wildman–Crippen MR) is 72.3 cm³/mol. The van der Waals surface area contributed by atoms with Crippen molar-refractivity contribution in [2.75, 3.05) is 12.3 Å². The fraction of sp³-hybridized carbons (Fsp3) is 0.231. The minimum atomic E-state index is -2.50. The van der Waals surface area contributed by atoms with E-state index in [9.17, 15) is 8.78 Å². The number of aryl methyl sites for hydroxylation is 1. The second-order valence-electron chi connectivity index (χ2n) is 4.10. The summed E-state index contributed by atoms with van der Waals surface area (Å²) in [5.74, 6) is 0.646. The molecule has 0 saturated carbocycles. The van der Waals surface area contributed by atoms with Gasteiger partial charge < -0.3 is 10.5 Å². The molecule has 0 saturated heterocycles. The Hall–Kier alpha value is -2.44. The summed E-state index contributed by atoms with van der Waals surface area (Å²) in [6.45, 7) is 1.18. The first-order chi connectivity index (χ1) is 9.54. The number of anilines is 1. The number of imidazole rings is 1. The van der Waals surface area contributed by atoms with Gasteiger partial charge >= 0.3 is 0 Å². The fourth-order valence-corrected chi connectivity index (χ4v) is 1.57. The first-order valence-corrected chi connectivity index (χ1v) is 5.91. The third kappa shape index (κ3) is 3.78. The normalized spacial score (nSPS) is 11.4. The van der Waals surface area contributed by atoms with Gasteiger partial charge in [-0.05, 0) is 24.6 Å². The van der Waals surface area contributed by atoms with Crippen LogP contribution >= 0.6 is 0 Å². The number of rotatable bonds is 5. The quantitative estimate of drug-likeness (QED) is 0.855. The summed E-state index contributed by atoms with van der Waals surface area (Å²) < 4.78 is 30.5. The van der Waals surface area contributed by atoms with Gasteiger partial charge in [-0.25, -0.2) is 18.4 Å². The van der Waals surface area contributed by atoms with Gasteiger partial charge in [0.25, 0.3) is 6.43 Å². The Morgan fingerprint density at radius 2 is 2.30 bits per heavy atom. The highest BCUT2D eigenvalue weighted by Crippen LogP contribution is 2.13. The zero-order valence-corrected chi connectivity index (χ0v) is 10.8. The van der Waals surface area contributed by atoms with Gasteiger partial charge in [-0.15, -0.1) is 0 Å². The van der Waals surface area contributed by atoms with Crippen molar-refractivity contribution < 1.29 is 13.5 Å². The largest absolute Gasteiger partial charge is 0.488 e. The number of hydrogen-bond donors (Lipinski definition) is 1. The van der Waals surface area contributed by atoms with Crippen LogP contribution in [0.1, 0.15) is 11.3 Å². The maximum Gasteiger partial charge on any atom is 0.272 e. The van der Waals surface area contributed by atoms with Crippen LogP contribution in [0.2, 0.25) is 0 Å². The van der Waals surface area contributed by atoms with Crippen molar-refractivity contribution in [3.05, 3.63) is 41.7 Å². The van der Waals surface area contributed by atoms with Gasteiger partial charge in [-0.2, -0.15) is 5.10 Å². The lowest BCUT2D eigenvalue weighted by molar-refractivity contribution is 0.0819. The molecule has 20 heavy (non-hydrogen) atoms. The number of ether oxygens (including phenoxy) is 1. The highest BCUT2D eigenvalue weighted by Gasteiger charge is 2.03. The Bertz CT molecular complexity index is 610. The lowest BCUT2D eigenvalue weighted by atomic mass is 10.2. The van der Waals surface area contributed by atoms with Crippen molar-refractivity contribution in [2.45, 2.75) is 13.3 Å². The Labute approximate surface area is 114 Å². The monoisotopic (exact) mass is 280 g/mol. The average molecular weight is 280 g/mol. The van der Waals surface area contributed by atoms with Crippen LogP contribution in [-0.2, 0) is 0 Å². The van der Waals surface area contributed by atoms with E-state index in [1.165, 1.54) is 4.68 Å². The molecular formula is C13H14F2N4O. The van der Waals surface area contributed by atoms with Crippen LogP contribution in [0.25, 0.3) is 0 Å². The van der Waals surface area contributed by atoms with Gasteiger partial charge in [0.05, 0.1) is 18.1 Å². The van der Waals surface area contributed by atoms with E-state index in [1.54, 1.807) is 43.6 Å². The molecule has 2 N–H and O–H groups in total. The highest BCUT2D eigenvalue weighted by atomic mass is 19.3. The summed E-state index contributed by atoms with van der Waals surface area (Å²) >= 11 is 0. The molecule has 0 aliphatic heterocycles. The van der Waals surface area contributed by atoms with Gasteiger partial charge in [0.15, 0.2) is 0 Å². The molecule has 0 aliphatic carbocycles. The van der Waals surface area contributed by atoms with Crippen LogP contribution < -0.4 is 10.5 Å². The van der Waals surface area contributed by atoms with Crippen LogP contribution in [0.4, 0.5) is 14.7 Å². The van der Waals surface area contributed by atoms with Crippen LogP contribution in [0.5, 0.6) is 5.75 Å². The summed E-state index contributed by atoms with van der Waals surface area (Å²) in [5, 5.41) is 4.13.